The molecule has 0 unspecified atom stereocenters. The van der Waals surface area contributed by atoms with Crippen LogP contribution >= 0.6 is 0 Å². The zero-order valence-corrected chi connectivity index (χ0v) is 12.0. The van der Waals surface area contributed by atoms with Crippen LogP contribution in [0.2, 0.25) is 0 Å². The predicted molar refractivity (Wildman–Crippen MR) is 75.7 cm³/mol. The van der Waals surface area contributed by atoms with E-state index in [1.165, 1.54) is 25.1 Å². The number of carbonyl (C=O) groups excluding carboxylic acids is 1. The lowest BCUT2D eigenvalue weighted by atomic mass is 10.2. The Morgan fingerprint density at radius 2 is 2.14 bits per heavy atom. The Labute approximate surface area is 126 Å². The fourth-order valence-electron chi connectivity index (χ4n) is 2.89. The SMILES string of the molecule is O=C(c1cncc(F)c1)N1CC[C@H](n2cc(C3CC3)nn2)C1. The van der Waals surface area contributed by atoms with E-state index in [1.54, 1.807) is 4.90 Å². The number of halogens is 1. The molecule has 0 radical (unpaired) electrons. The molecular formula is C15H16FN5O. The smallest absolute Gasteiger partial charge is 0.255 e. The van der Waals surface area contributed by atoms with Gasteiger partial charge in [0.15, 0.2) is 0 Å². The highest BCUT2D eigenvalue weighted by Gasteiger charge is 2.31. The van der Waals surface area contributed by atoms with Gasteiger partial charge in [-0.3, -0.25) is 9.78 Å². The third-order valence-electron chi connectivity index (χ3n) is 4.30. The Morgan fingerprint density at radius 1 is 1.27 bits per heavy atom. The molecule has 1 atom stereocenters. The van der Waals surface area contributed by atoms with E-state index in [1.807, 2.05) is 10.9 Å². The minimum absolute atomic E-state index is 0.144. The van der Waals surface area contributed by atoms with Gasteiger partial charge in [0.05, 0.1) is 23.5 Å². The molecule has 2 fully saturated rings. The second kappa shape index (κ2) is 5.15. The van der Waals surface area contributed by atoms with Gasteiger partial charge in [-0.2, -0.15) is 0 Å². The molecule has 1 amide bonds. The zero-order valence-electron chi connectivity index (χ0n) is 12.0. The molecule has 0 bridgehead atoms. The molecular weight excluding hydrogens is 285 g/mol. The third kappa shape index (κ3) is 2.47. The van der Waals surface area contributed by atoms with Crippen LogP contribution in [-0.4, -0.2) is 43.9 Å². The molecule has 0 spiro atoms. The maximum absolute atomic E-state index is 13.2. The molecule has 2 aromatic heterocycles. The molecule has 1 aliphatic heterocycles. The number of likely N-dealkylation sites (tertiary alicyclic amines) is 1. The first kappa shape index (κ1) is 13.4. The summed E-state index contributed by atoms with van der Waals surface area (Å²) >= 11 is 0. The number of amides is 1. The number of aromatic nitrogens is 4. The van der Waals surface area contributed by atoms with Crippen LogP contribution in [0.1, 0.15) is 47.3 Å². The number of nitrogens with zero attached hydrogens (tertiary/aromatic N) is 5. The van der Waals surface area contributed by atoms with Gasteiger partial charge in [0.1, 0.15) is 5.82 Å². The van der Waals surface area contributed by atoms with Crippen LogP contribution in [0, 0.1) is 5.82 Å². The van der Waals surface area contributed by atoms with Gasteiger partial charge < -0.3 is 4.90 Å². The van der Waals surface area contributed by atoms with Gasteiger partial charge in [0.2, 0.25) is 0 Å². The Morgan fingerprint density at radius 3 is 2.91 bits per heavy atom. The average Bonchev–Trinajstić information content (AvgIpc) is 3.06. The van der Waals surface area contributed by atoms with E-state index in [0.29, 0.717) is 19.0 Å². The van der Waals surface area contributed by atoms with Crippen molar-refractivity contribution in [2.75, 3.05) is 13.1 Å². The van der Waals surface area contributed by atoms with Crippen LogP contribution in [0.25, 0.3) is 0 Å². The van der Waals surface area contributed by atoms with Gasteiger partial charge in [-0.15, -0.1) is 5.10 Å². The second-order valence-corrected chi connectivity index (χ2v) is 5.98. The number of carbonyl (C=O) groups is 1. The van der Waals surface area contributed by atoms with Gasteiger partial charge in [0.25, 0.3) is 5.91 Å². The molecule has 1 aliphatic carbocycles. The zero-order chi connectivity index (χ0) is 15.1. The monoisotopic (exact) mass is 301 g/mol. The van der Waals surface area contributed by atoms with Crippen molar-refractivity contribution in [3.63, 3.8) is 0 Å². The van der Waals surface area contributed by atoms with Crippen LogP contribution < -0.4 is 0 Å². The van der Waals surface area contributed by atoms with Crippen LogP contribution in [-0.2, 0) is 0 Å². The molecule has 22 heavy (non-hydrogen) atoms. The number of hydrogen-bond acceptors (Lipinski definition) is 4. The summed E-state index contributed by atoms with van der Waals surface area (Å²) in [6.07, 6.45) is 7.72. The normalized spacial score (nSPS) is 21.3. The molecule has 1 saturated carbocycles. The lowest BCUT2D eigenvalue weighted by Gasteiger charge is -2.16. The summed E-state index contributed by atoms with van der Waals surface area (Å²) in [5.74, 6) is -0.102. The highest BCUT2D eigenvalue weighted by atomic mass is 19.1. The number of pyridine rings is 1. The molecule has 4 rings (SSSR count). The van der Waals surface area contributed by atoms with E-state index in [2.05, 4.69) is 15.3 Å². The van der Waals surface area contributed by atoms with E-state index < -0.39 is 5.82 Å². The molecule has 6 nitrogen and oxygen atoms in total. The van der Waals surface area contributed by atoms with Crippen molar-refractivity contribution in [1.29, 1.82) is 0 Å². The van der Waals surface area contributed by atoms with Crippen molar-refractivity contribution in [3.05, 3.63) is 41.7 Å². The molecule has 114 valence electrons. The molecule has 0 N–H and O–H groups in total. The van der Waals surface area contributed by atoms with Crippen molar-refractivity contribution in [2.24, 2.45) is 0 Å². The standard InChI is InChI=1S/C15H16FN5O/c16-12-5-11(6-17-7-12)15(22)20-4-3-13(8-20)21-9-14(18-19-21)10-1-2-10/h5-7,9-10,13H,1-4,8H2/t13-/m0/s1. The van der Waals surface area contributed by atoms with Crippen molar-refractivity contribution in [1.82, 2.24) is 24.9 Å². The molecule has 0 aromatic carbocycles. The van der Waals surface area contributed by atoms with Crippen molar-refractivity contribution >= 4 is 5.91 Å². The van der Waals surface area contributed by atoms with Gasteiger partial charge in [-0.1, -0.05) is 5.21 Å². The summed E-state index contributed by atoms with van der Waals surface area (Å²) in [6.45, 7) is 1.21. The summed E-state index contributed by atoms with van der Waals surface area (Å²) < 4.78 is 15.1. The van der Waals surface area contributed by atoms with Gasteiger partial charge in [0, 0.05) is 31.4 Å². The minimum Gasteiger partial charge on any atom is -0.336 e. The first-order valence-electron chi connectivity index (χ1n) is 7.52. The number of hydrogen-bond donors (Lipinski definition) is 0. The third-order valence-corrected chi connectivity index (χ3v) is 4.30. The summed E-state index contributed by atoms with van der Waals surface area (Å²) in [5, 5.41) is 8.41. The van der Waals surface area contributed by atoms with E-state index >= 15 is 0 Å². The van der Waals surface area contributed by atoms with Crippen LogP contribution in [0.4, 0.5) is 4.39 Å². The summed E-state index contributed by atoms with van der Waals surface area (Å²) in [4.78, 5) is 17.8. The van der Waals surface area contributed by atoms with Crippen LogP contribution in [0.5, 0.6) is 0 Å². The fraction of sp³-hybridized carbons (Fsp3) is 0.467. The van der Waals surface area contributed by atoms with E-state index in [0.717, 1.165) is 18.3 Å². The van der Waals surface area contributed by atoms with Gasteiger partial charge in [-0.05, 0) is 25.3 Å². The van der Waals surface area contributed by atoms with Crippen LogP contribution in [0.15, 0.2) is 24.7 Å². The highest BCUT2D eigenvalue weighted by Crippen LogP contribution is 2.39. The maximum Gasteiger partial charge on any atom is 0.255 e. The van der Waals surface area contributed by atoms with Gasteiger partial charge in [-0.25, -0.2) is 9.07 Å². The molecule has 2 aliphatic rings. The second-order valence-electron chi connectivity index (χ2n) is 5.98. The van der Waals surface area contributed by atoms with E-state index in [4.69, 9.17) is 0 Å². The lowest BCUT2D eigenvalue weighted by molar-refractivity contribution is 0.0786. The minimum atomic E-state index is -0.494. The topological polar surface area (TPSA) is 63.9 Å². The lowest BCUT2D eigenvalue weighted by Crippen LogP contribution is -2.29. The first-order valence-corrected chi connectivity index (χ1v) is 7.52. The van der Waals surface area contributed by atoms with Crippen molar-refractivity contribution in [2.45, 2.75) is 31.2 Å². The van der Waals surface area contributed by atoms with Crippen molar-refractivity contribution < 1.29 is 9.18 Å². The highest BCUT2D eigenvalue weighted by molar-refractivity contribution is 5.94. The number of rotatable bonds is 3. The summed E-state index contributed by atoms with van der Waals surface area (Å²) in [5.41, 5.74) is 1.34. The molecule has 7 heteroatoms. The summed E-state index contributed by atoms with van der Waals surface area (Å²) in [7, 11) is 0. The quantitative estimate of drug-likeness (QED) is 0.867. The van der Waals surface area contributed by atoms with E-state index in [9.17, 15) is 9.18 Å². The van der Waals surface area contributed by atoms with Gasteiger partial charge >= 0.3 is 0 Å². The Kier molecular flexibility index (Phi) is 3.13. The van der Waals surface area contributed by atoms with Crippen LogP contribution in [0.3, 0.4) is 0 Å². The predicted octanol–water partition coefficient (Wildman–Crippen LogP) is 1.78. The molecule has 2 aromatic rings. The van der Waals surface area contributed by atoms with E-state index in [-0.39, 0.29) is 17.5 Å². The molecule has 1 saturated heterocycles. The fourth-order valence-corrected chi connectivity index (χ4v) is 2.89. The van der Waals surface area contributed by atoms with Crippen molar-refractivity contribution in [3.8, 4) is 0 Å². The summed E-state index contributed by atoms with van der Waals surface area (Å²) in [6, 6.07) is 1.37. The first-order chi connectivity index (χ1) is 10.7. The Bertz CT molecular complexity index is 711. The Balaban J connectivity index is 1.46. The Hall–Kier alpha value is -2.31. The molecule has 3 heterocycles. The largest absolute Gasteiger partial charge is 0.336 e. The average molecular weight is 301 g/mol. The maximum atomic E-state index is 13.2.